The molecule has 1 nitrogen and oxygen atoms in total. The highest BCUT2D eigenvalue weighted by atomic mass is 35.5. The van der Waals surface area contributed by atoms with Crippen LogP contribution in [0.25, 0.3) is 0 Å². The minimum Gasteiger partial charge on any atom is -0.388 e. The van der Waals surface area contributed by atoms with Gasteiger partial charge in [0.1, 0.15) is 0 Å². The summed E-state index contributed by atoms with van der Waals surface area (Å²) >= 11 is 12.0. The van der Waals surface area contributed by atoms with E-state index in [1.807, 2.05) is 49.4 Å². The summed E-state index contributed by atoms with van der Waals surface area (Å²) in [4.78, 5) is 0. The highest BCUT2D eigenvalue weighted by Gasteiger charge is 2.17. The second kappa shape index (κ2) is 6.42. The molecule has 19 heavy (non-hydrogen) atoms. The lowest BCUT2D eigenvalue weighted by Gasteiger charge is -2.20. The van der Waals surface area contributed by atoms with E-state index in [1.165, 1.54) is 0 Å². The summed E-state index contributed by atoms with van der Waals surface area (Å²) in [6.07, 6.45) is 0.222. The van der Waals surface area contributed by atoms with Crippen LogP contribution in [0, 0.1) is 5.92 Å². The second-order valence-electron chi connectivity index (χ2n) is 4.77. The van der Waals surface area contributed by atoms with Gasteiger partial charge in [-0.05, 0) is 35.6 Å². The normalized spacial score (nSPS) is 14.1. The zero-order valence-corrected chi connectivity index (χ0v) is 12.2. The third kappa shape index (κ3) is 3.73. The topological polar surface area (TPSA) is 20.2 Å². The Morgan fingerprint density at radius 3 is 2.37 bits per heavy atom. The van der Waals surface area contributed by atoms with E-state index < -0.39 is 6.10 Å². The van der Waals surface area contributed by atoms with Gasteiger partial charge in [-0.2, -0.15) is 0 Å². The van der Waals surface area contributed by atoms with Crippen LogP contribution in [0.15, 0.2) is 48.5 Å². The Bertz CT molecular complexity index is 540. The smallest absolute Gasteiger partial charge is 0.0818 e. The lowest BCUT2D eigenvalue weighted by molar-refractivity contribution is 0.117. The van der Waals surface area contributed by atoms with Crippen molar-refractivity contribution >= 4 is 23.2 Å². The molecule has 0 saturated heterocycles. The zero-order valence-electron chi connectivity index (χ0n) is 10.7. The van der Waals surface area contributed by atoms with Gasteiger partial charge >= 0.3 is 0 Å². The Morgan fingerprint density at radius 1 is 1.05 bits per heavy atom. The van der Waals surface area contributed by atoms with Crippen molar-refractivity contribution in [1.29, 1.82) is 0 Å². The van der Waals surface area contributed by atoms with Gasteiger partial charge in [-0.25, -0.2) is 0 Å². The van der Waals surface area contributed by atoms with E-state index in [0.717, 1.165) is 11.1 Å². The molecule has 0 aliphatic heterocycles. The number of hydrogen-bond acceptors (Lipinski definition) is 1. The molecule has 0 bridgehead atoms. The number of aliphatic hydroxyl groups excluding tert-OH is 1. The van der Waals surface area contributed by atoms with E-state index in [0.29, 0.717) is 16.5 Å². The first-order valence-electron chi connectivity index (χ1n) is 6.25. The quantitative estimate of drug-likeness (QED) is 0.850. The number of halogens is 2. The van der Waals surface area contributed by atoms with Crippen molar-refractivity contribution in [3.05, 3.63) is 69.7 Å². The van der Waals surface area contributed by atoms with Gasteiger partial charge in [0.05, 0.1) is 6.10 Å². The molecule has 0 aliphatic carbocycles. The molecule has 3 heteroatoms. The summed E-state index contributed by atoms with van der Waals surface area (Å²) in [5, 5.41) is 11.6. The molecule has 0 saturated carbocycles. The summed E-state index contributed by atoms with van der Waals surface area (Å²) in [6, 6.07) is 15.1. The molecule has 0 fully saturated rings. The Kier molecular flexibility index (Phi) is 4.87. The summed E-state index contributed by atoms with van der Waals surface area (Å²) in [5.41, 5.74) is 1.94. The maximum absolute atomic E-state index is 10.3. The first-order chi connectivity index (χ1) is 9.08. The van der Waals surface area contributed by atoms with Gasteiger partial charge < -0.3 is 5.11 Å². The molecule has 2 rings (SSSR count). The molecule has 2 aromatic rings. The lowest BCUT2D eigenvalue weighted by Crippen LogP contribution is -2.12. The maximum atomic E-state index is 10.3. The summed E-state index contributed by atoms with van der Waals surface area (Å²) in [5.74, 6) is 0.0843. The van der Waals surface area contributed by atoms with Gasteiger partial charge in [0.2, 0.25) is 0 Å². The van der Waals surface area contributed by atoms with E-state index in [9.17, 15) is 5.11 Å². The SMILES string of the molecule is CC(Cc1ccc(Cl)cc1Cl)C(O)c1ccccc1. The lowest BCUT2D eigenvalue weighted by atomic mass is 9.91. The number of benzene rings is 2. The molecular formula is C16H16Cl2O. The van der Waals surface area contributed by atoms with E-state index in [1.54, 1.807) is 6.07 Å². The minimum atomic E-state index is -0.493. The van der Waals surface area contributed by atoms with Crippen LogP contribution in [0.5, 0.6) is 0 Å². The third-order valence-electron chi connectivity index (χ3n) is 3.24. The molecule has 0 spiro atoms. The summed E-state index contributed by atoms with van der Waals surface area (Å²) in [7, 11) is 0. The number of aliphatic hydroxyl groups is 1. The first kappa shape index (κ1) is 14.4. The van der Waals surface area contributed by atoms with Crippen molar-refractivity contribution in [3.63, 3.8) is 0 Å². The van der Waals surface area contributed by atoms with Crippen molar-refractivity contribution in [2.45, 2.75) is 19.4 Å². The highest BCUT2D eigenvalue weighted by molar-refractivity contribution is 6.35. The fraction of sp³-hybridized carbons (Fsp3) is 0.250. The Morgan fingerprint density at radius 2 is 1.74 bits per heavy atom. The van der Waals surface area contributed by atoms with Gasteiger partial charge in [-0.3, -0.25) is 0 Å². The Hall–Kier alpha value is -1.02. The molecule has 0 radical (unpaired) electrons. The fourth-order valence-corrected chi connectivity index (χ4v) is 2.61. The Balaban J connectivity index is 2.10. The molecule has 0 heterocycles. The molecule has 0 amide bonds. The van der Waals surface area contributed by atoms with Crippen molar-refractivity contribution in [2.75, 3.05) is 0 Å². The predicted molar refractivity (Wildman–Crippen MR) is 80.7 cm³/mol. The standard InChI is InChI=1S/C16H16Cl2O/c1-11(16(19)12-5-3-2-4-6-12)9-13-7-8-14(17)10-15(13)18/h2-8,10-11,16,19H,9H2,1H3. The predicted octanol–water partition coefficient (Wildman–Crippen LogP) is 4.91. The van der Waals surface area contributed by atoms with E-state index >= 15 is 0 Å². The molecule has 0 aromatic heterocycles. The average molecular weight is 295 g/mol. The molecule has 100 valence electrons. The van der Waals surface area contributed by atoms with Gasteiger partial charge in [-0.1, -0.05) is 66.5 Å². The Labute approximate surface area is 123 Å². The maximum Gasteiger partial charge on any atom is 0.0818 e. The van der Waals surface area contributed by atoms with E-state index in [4.69, 9.17) is 23.2 Å². The molecule has 2 unspecified atom stereocenters. The van der Waals surface area contributed by atoms with Crippen molar-refractivity contribution in [3.8, 4) is 0 Å². The number of hydrogen-bond donors (Lipinski definition) is 1. The van der Waals surface area contributed by atoms with Gasteiger partial charge in [-0.15, -0.1) is 0 Å². The van der Waals surface area contributed by atoms with Crippen LogP contribution in [0.2, 0.25) is 10.0 Å². The molecular weight excluding hydrogens is 279 g/mol. The van der Waals surface area contributed by atoms with E-state index in [2.05, 4.69) is 0 Å². The molecule has 2 aromatic carbocycles. The first-order valence-corrected chi connectivity index (χ1v) is 7.00. The highest BCUT2D eigenvalue weighted by Crippen LogP contribution is 2.28. The van der Waals surface area contributed by atoms with Crippen LogP contribution in [-0.4, -0.2) is 5.11 Å². The van der Waals surface area contributed by atoms with Gasteiger partial charge in [0.15, 0.2) is 0 Å². The molecule has 0 aliphatic rings. The van der Waals surface area contributed by atoms with Crippen molar-refractivity contribution in [2.24, 2.45) is 5.92 Å². The molecule has 1 N–H and O–H groups in total. The average Bonchev–Trinajstić information content (AvgIpc) is 2.42. The fourth-order valence-electron chi connectivity index (χ4n) is 2.12. The largest absolute Gasteiger partial charge is 0.388 e. The van der Waals surface area contributed by atoms with Gasteiger partial charge in [0.25, 0.3) is 0 Å². The second-order valence-corrected chi connectivity index (χ2v) is 5.62. The monoisotopic (exact) mass is 294 g/mol. The minimum absolute atomic E-state index is 0.0843. The van der Waals surface area contributed by atoms with Crippen molar-refractivity contribution < 1.29 is 5.11 Å². The van der Waals surface area contributed by atoms with E-state index in [-0.39, 0.29) is 5.92 Å². The van der Waals surface area contributed by atoms with Crippen LogP contribution < -0.4 is 0 Å². The summed E-state index contributed by atoms with van der Waals surface area (Å²) in [6.45, 7) is 2.02. The van der Waals surface area contributed by atoms with Gasteiger partial charge in [0, 0.05) is 10.0 Å². The zero-order chi connectivity index (χ0) is 13.8. The van der Waals surface area contributed by atoms with Crippen molar-refractivity contribution in [1.82, 2.24) is 0 Å². The van der Waals surface area contributed by atoms with Crippen LogP contribution in [-0.2, 0) is 6.42 Å². The van der Waals surface area contributed by atoms with Crippen LogP contribution in [0.1, 0.15) is 24.2 Å². The third-order valence-corrected chi connectivity index (χ3v) is 3.82. The number of rotatable bonds is 4. The van der Waals surface area contributed by atoms with Crippen LogP contribution in [0.4, 0.5) is 0 Å². The molecule has 2 atom stereocenters. The van der Waals surface area contributed by atoms with Crippen LogP contribution >= 0.6 is 23.2 Å². The summed E-state index contributed by atoms with van der Waals surface area (Å²) < 4.78 is 0. The van der Waals surface area contributed by atoms with Crippen LogP contribution in [0.3, 0.4) is 0 Å².